The molecule has 124 valence electrons. The van der Waals surface area contributed by atoms with Gasteiger partial charge in [0.2, 0.25) is 0 Å². The molecule has 0 saturated heterocycles. The van der Waals surface area contributed by atoms with Crippen LogP contribution in [0, 0.1) is 0 Å². The number of hydrogen-bond acceptors (Lipinski definition) is 5. The van der Waals surface area contributed by atoms with Crippen LogP contribution in [0.5, 0.6) is 11.5 Å². The molecule has 1 unspecified atom stereocenters. The van der Waals surface area contributed by atoms with Crippen LogP contribution in [-0.4, -0.2) is 31.4 Å². The largest absolute Gasteiger partial charge is 0.507 e. The van der Waals surface area contributed by atoms with Gasteiger partial charge in [0.25, 0.3) is 0 Å². The molecule has 0 amide bonds. The van der Waals surface area contributed by atoms with Gasteiger partial charge in [-0.3, -0.25) is 0 Å². The molecule has 24 heavy (non-hydrogen) atoms. The Bertz CT molecular complexity index is 759. The first-order chi connectivity index (χ1) is 11.6. The Morgan fingerprint density at radius 3 is 2.04 bits per heavy atom. The highest BCUT2D eigenvalue weighted by Gasteiger charge is 2.35. The fourth-order valence-corrected chi connectivity index (χ4v) is 2.65. The number of hydrogen-bond donors (Lipinski definition) is 1. The highest BCUT2D eigenvalue weighted by molar-refractivity contribution is 6.19. The molecule has 2 aromatic rings. The summed E-state index contributed by atoms with van der Waals surface area (Å²) in [4.78, 5) is 12.1. The van der Waals surface area contributed by atoms with E-state index in [1.165, 1.54) is 0 Å². The zero-order valence-corrected chi connectivity index (χ0v) is 13.5. The Kier molecular flexibility index (Phi) is 4.42. The van der Waals surface area contributed by atoms with Crippen LogP contribution in [0.3, 0.4) is 0 Å². The summed E-state index contributed by atoms with van der Waals surface area (Å²) < 4.78 is 15.5. The van der Waals surface area contributed by atoms with Crippen molar-refractivity contribution in [1.29, 1.82) is 0 Å². The van der Waals surface area contributed by atoms with Crippen molar-refractivity contribution < 1.29 is 24.1 Å². The van der Waals surface area contributed by atoms with E-state index < -0.39 is 12.1 Å². The molecule has 1 atom stereocenters. The van der Waals surface area contributed by atoms with E-state index in [0.29, 0.717) is 17.7 Å². The fraction of sp³-hybridized carbons (Fsp3) is 0.211. The summed E-state index contributed by atoms with van der Waals surface area (Å²) in [6, 6.07) is 14.3. The van der Waals surface area contributed by atoms with Crippen LogP contribution in [0.2, 0.25) is 0 Å². The van der Waals surface area contributed by atoms with E-state index in [1.54, 1.807) is 38.5 Å². The van der Waals surface area contributed by atoms with Gasteiger partial charge in [-0.05, 0) is 35.4 Å². The molecule has 1 heterocycles. The number of aliphatic hydroxyl groups is 1. The summed E-state index contributed by atoms with van der Waals surface area (Å²) in [5.41, 5.74) is 1.75. The monoisotopic (exact) mass is 326 g/mol. The molecule has 1 N–H and O–H groups in total. The molecule has 5 nitrogen and oxygen atoms in total. The molecule has 0 aromatic heterocycles. The van der Waals surface area contributed by atoms with Gasteiger partial charge < -0.3 is 19.3 Å². The molecule has 0 saturated carbocycles. The van der Waals surface area contributed by atoms with E-state index in [1.807, 2.05) is 24.3 Å². The van der Waals surface area contributed by atoms with Gasteiger partial charge in [0.1, 0.15) is 22.8 Å². The van der Waals surface area contributed by atoms with Gasteiger partial charge in [0.15, 0.2) is 6.10 Å². The summed E-state index contributed by atoms with van der Waals surface area (Å²) in [5.74, 6) is 0.873. The zero-order valence-electron chi connectivity index (χ0n) is 13.5. The number of carbonyl (C=O) groups excluding carboxylic acids is 1. The number of benzene rings is 2. The summed E-state index contributed by atoms with van der Waals surface area (Å²) in [6.07, 6.45) is -0.274. The Balaban J connectivity index is 1.82. The number of cyclic esters (lactones) is 1. The van der Waals surface area contributed by atoms with Gasteiger partial charge in [0.05, 0.1) is 14.2 Å². The molecule has 5 heteroatoms. The van der Waals surface area contributed by atoms with Crippen molar-refractivity contribution in [2.75, 3.05) is 14.2 Å². The van der Waals surface area contributed by atoms with Crippen LogP contribution < -0.4 is 9.47 Å². The summed E-state index contributed by atoms with van der Waals surface area (Å²) in [7, 11) is 3.17. The van der Waals surface area contributed by atoms with Crippen molar-refractivity contribution in [1.82, 2.24) is 0 Å². The lowest BCUT2D eigenvalue weighted by Gasteiger charge is -2.10. The number of ether oxygens (including phenoxy) is 3. The summed E-state index contributed by atoms with van der Waals surface area (Å²) in [6.45, 7) is 0. The molecule has 2 aromatic carbocycles. The quantitative estimate of drug-likeness (QED) is 0.855. The topological polar surface area (TPSA) is 65.0 Å². The fourth-order valence-electron chi connectivity index (χ4n) is 2.65. The van der Waals surface area contributed by atoms with Gasteiger partial charge >= 0.3 is 5.97 Å². The van der Waals surface area contributed by atoms with Crippen LogP contribution in [0.1, 0.15) is 11.1 Å². The second kappa shape index (κ2) is 6.66. The first-order valence-corrected chi connectivity index (χ1v) is 7.54. The molecule has 1 aliphatic rings. The zero-order chi connectivity index (χ0) is 17.1. The number of methoxy groups -OCH3 is 2. The van der Waals surface area contributed by atoms with Gasteiger partial charge in [0, 0.05) is 6.42 Å². The van der Waals surface area contributed by atoms with E-state index in [-0.39, 0.29) is 11.3 Å². The predicted octanol–water partition coefficient (Wildman–Crippen LogP) is 3.14. The smallest absolute Gasteiger partial charge is 0.343 e. The molecule has 0 aliphatic carbocycles. The Morgan fingerprint density at radius 2 is 1.50 bits per heavy atom. The highest BCUT2D eigenvalue weighted by atomic mass is 16.6. The minimum atomic E-state index is -0.678. The van der Waals surface area contributed by atoms with Crippen LogP contribution in [0.4, 0.5) is 0 Å². The van der Waals surface area contributed by atoms with E-state index in [2.05, 4.69) is 0 Å². The van der Waals surface area contributed by atoms with Crippen LogP contribution in [0.15, 0.2) is 54.3 Å². The maximum atomic E-state index is 12.1. The molecular weight excluding hydrogens is 308 g/mol. The lowest BCUT2D eigenvalue weighted by atomic mass is 10.0. The van der Waals surface area contributed by atoms with Gasteiger partial charge in [-0.1, -0.05) is 24.3 Å². The highest BCUT2D eigenvalue weighted by Crippen LogP contribution is 2.31. The maximum Gasteiger partial charge on any atom is 0.343 e. The SMILES string of the molecule is COc1ccc(CC2OC(=O)C(c3ccc(OC)cc3)=C2O)cc1. The minimum Gasteiger partial charge on any atom is -0.507 e. The molecular formula is C19H18O5. The van der Waals surface area contributed by atoms with Crippen molar-refractivity contribution in [3.8, 4) is 11.5 Å². The molecule has 0 fully saturated rings. The third-order valence-corrected chi connectivity index (χ3v) is 3.97. The molecule has 0 bridgehead atoms. The predicted molar refractivity (Wildman–Crippen MR) is 89.1 cm³/mol. The molecule has 1 aliphatic heterocycles. The first kappa shape index (κ1) is 15.9. The average molecular weight is 326 g/mol. The third-order valence-electron chi connectivity index (χ3n) is 3.97. The minimum absolute atomic E-state index is 0.0408. The van der Waals surface area contributed by atoms with E-state index in [0.717, 1.165) is 11.3 Å². The molecule has 3 rings (SSSR count). The average Bonchev–Trinajstić information content (AvgIpc) is 2.89. The summed E-state index contributed by atoms with van der Waals surface area (Å²) >= 11 is 0. The second-order valence-corrected chi connectivity index (χ2v) is 5.43. The van der Waals surface area contributed by atoms with Gasteiger partial charge in [-0.25, -0.2) is 4.79 Å². The van der Waals surface area contributed by atoms with E-state index >= 15 is 0 Å². The van der Waals surface area contributed by atoms with Crippen molar-refractivity contribution >= 4 is 11.5 Å². The number of aliphatic hydroxyl groups excluding tert-OH is 1. The Labute approximate surface area is 140 Å². The normalized spacial score (nSPS) is 16.9. The van der Waals surface area contributed by atoms with Crippen molar-refractivity contribution in [3.63, 3.8) is 0 Å². The van der Waals surface area contributed by atoms with Crippen molar-refractivity contribution in [3.05, 3.63) is 65.4 Å². The molecule has 0 radical (unpaired) electrons. The number of esters is 1. The lowest BCUT2D eigenvalue weighted by molar-refractivity contribution is -0.138. The maximum absolute atomic E-state index is 12.1. The van der Waals surface area contributed by atoms with E-state index in [9.17, 15) is 9.90 Å². The van der Waals surface area contributed by atoms with Crippen LogP contribution in [-0.2, 0) is 16.0 Å². The van der Waals surface area contributed by atoms with Gasteiger partial charge in [-0.2, -0.15) is 0 Å². The lowest BCUT2D eigenvalue weighted by Crippen LogP contribution is -2.14. The van der Waals surface area contributed by atoms with Crippen molar-refractivity contribution in [2.45, 2.75) is 12.5 Å². The van der Waals surface area contributed by atoms with E-state index in [4.69, 9.17) is 14.2 Å². The third kappa shape index (κ3) is 3.06. The van der Waals surface area contributed by atoms with Gasteiger partial charge in [-0.15, -0.1) is 0 Å². The second-order valence-electron chi connectivity index (χ2n) is 5.43. The van der Waals surface area contributed by atoms with Crippen LogP contribution in [0.25, 0.3) is 5.57 Å². The summed E-state index contributed by atoms with van der Waals surface area (Å²) in [5, 5.41) is 10.4. The van der Waals surface area contributed by atoms with Crippen molar-refractivity contribution in [2.24, 2.45) is 0 Å². The van der Waals surface area contributed by atoms with Crippen LogP contribution >= 0.6 is 0 Å². The molecule has 0 spiro atoms. The Hall–Kier alpha value is -2.95. The number of carbonyl (C=O) groups is 1. The standard InChI is InChI=1S/C19H18O5/c1-22-14-7-3-12(4-8-14)11-16-18(20)17(19(21)24-16)13-5-9-15(23-2)10-6-13/h3-10,16,20H,11H2,1-2H3. The number of rotatable bonds is 5. The Morgan fingerprint density at radius 1 is 0.958 bits per heavy atom. The first-order valence-electron chi connectivity index (χ1n) is 7.54.